The molecule has 0 amide bonds. The number of hydrogen-bond donors (Lipinski definition) is 1. The summed E-state index contributed by atoms with van der Waals surface area (Å²) >= 11 is 18.0. The van der Waals surface area contributed by atoms with Crippen molar-refractivity contribution in [3.63, 3.8) is 0 Å². The predicted molar refractivity (Wildman–Crippen MR) is 84.9 cm³/mol. The molecule has 0 aliphatic heterocycles. The van der Waals surface area contributed by atoms with Crippen LogP contribution in [0.1, 0.15) is 18.6 Å². The highest BCUT2D eigenvalue weighted by Crippen LogP contribution is 2.36. The molecule has 2 aromatic carbocycles. The Morgan fingerprint density at radius 3 is 2.15 bits per heavy atom. The Bertz CT molecular complexity index is 587. The molecule has 0 radical (unpaired) electrons. The normalized spacial score (nSPS) is 13.8. The molecule has 2 aromatic rings. The maximum absolute atomic E-state index is 6.13. The smallest absolute Gasteiger partial charge is 0.140 e. The van der Waals surface area contributed by atoms with E-state index >= 15 is 0 Å². The second-order valence-electron chi connectivity index (χ2n) is 4.50. The molecule has 0 saturated heterocycles. The van der Waals surface area contributed by atoms with E-state index in [1.165, 1.54) is 0 Å². The van der Waals surface area contributed by atoms with Gasteiger partial charge >= 0.3 is 0 Å². The highest BCUT2D eigenvalue weighted by Gasteiger charge is 2.20. The summed E-state index contributed by atoms with van der Waals surface area (Å²) in [7, 11) is 0. The van der Waals surface area contributed by atoms with E-state index < -0.39 is 0 Å². The van der Waals surface area contributed by atoms with Crippen molar-refractivity contribution < 1.29 is 4.74 Å². The zero-order chi connectivity index (χ0) is 14.7. The minimum atomic E-state index is -0.314. The number of ether oxygens (including phenoxy) is 1. The van der Waals surface area contributed by atoms with E-state index in [0.717, 1.165) is 5.56 Å². The fraction of sp³-hybridized carbons (Fsp3) is 0.200. The van der Waals surface area contributed by atoms with Crippen molar-refractivity contribution in [1.82, 2.24) is 0 Å². The molecule has 2 nitrogen and oxygen atoms in total. The highest BCUT2D eigenvalue weighted by atomic mass is 35.5. The van der Waals surface area contributed by atoms with Crippen LogP contribution in [0.5, 0.6) is 5.75 Å². The standard InChI is InChI=1S/C15H14Cl3NO/c1-9(19)15(10-5-3-2-4-6-10)20-14-8-12(17)11(16)7-13(14)18/h2-9,15H,19H2,1H3. The van der Waals surface area contributed by atoms with Crippen LogP contribution in [0.4, 0.5) is 0 Å². The van der Waals surface area contributed by atoms with Gasteiger partial charge in [0.25, 0.3) is 0 Å². The number of hydrogen-bond acceptors (Lipinski definition) is 2. The van der Waals surface area contributed by atoms with Gasteiger partial charge in [0.15, 0.2) is 0 Å². The molecule has 0 bridgehead atoms. The number of rotatable bonds is 4. The SMILES string of the molecule is CC(N)C(Oc1cc(Cl)c(Cl)cc1Cl)c1ccccc1. The molecular weight excluding hydrogens is 317 g/mol. The lowest BCUT2D eigenvalue weighted by Crippen LogP contribution is -2.29. The van der Waals surface area contributed by atoms with Crippen molar-refractivity contribution in [1.29, 1.82) is 0 Å². The summed E-state index contributed by atoms with van der Waals surface area (Å²) in [6, 6.07) is 12.7. The Hall–Kier alpha value is -0.930. The minimum absolute atomic E-state index is 0.206. The second kappa shape index (κ2) is 6.68. The second-order valence-corrected chi connectivity index (χ2v) is 5.73. The van der Waals surface area contributed by atoms with Crippen LogP contribution in [0.3, 0.4) is 0 Å². The van der Waals surface area contributed by atoms with Crippen LogP contribution in [-0.4, -0.2) is 6.04 Å². The number of halogens is 3. The van der Waals surface area contributed by atoms with Gasteiger partial charge in [-0.05, 0) is 18.6 Å². The molecule has 0 heterocycles. The fourth-order valence-electron chi connectivity index (χ4n) is 1.85. The van der Waals surface area contributed by atoms with Crippen LogP contribution in [0.15, 0.2) is 42.5 Å². The van der Waals surface area contributed by atoms with Crippen LogP contribution >= 0.6 is 34.8 Å². The molecular formula is C15H14Cl3NO. The summed E-state index contributed by atoms with van der Waals surface area (Å²) in [5.41, 5.74) is 6.98. The van der Waals surface area contributed by atoms with Gasteiger partial charge < -0.3 is 10.5 Å². The summed E-state index contributed by atoms with van der Waals surface area (Å²) in [6.07, 6.45) is -0.314. The lowest BCUT2D eigenvalue weighted by atomic mass is 10.0. The van der Waals surface area contributed by atoms with Gasteiger partial charge in [0.2, 0.25) is 0 Å². The molecule has 0 saturated carbocycles. The van der Waals surface area contributed by atoms with Gasteiger partial charge in [-0.25, -0.2) is 0 Å². The third-order valence-electron chi connectivity index (χ3n) is 2.83. The molecule has 2 N–H and O–H groups in total. The van der Waals surface area contributed by atoms with Gasteiger partial charge in [-0.2, -0.15) is 0 Å². The molecule has 0 fully saturated rings. The summed E-state index contributed by atoms with van der Waals surface area (Å²) in [5.74, 6) is 0.465. The lowest BCUT2D eigenvalue weighted by molar-refractivity contribution is 0.180. The van der Waals surface area contributed by atoms with E-state index in [0.29, 0.717) is 20.8 Å². The van der Waals surface area contributed by atoms with Crippen molar-refractivity contribution >= 4 is 34.8 Å². The van der Waals surface area contributed by atoms with Crippen LogP contribution in [0.2, 0.25) is 15.1 Å². The minimum Gasteiger partial charge on any atom is -0.482 e. The largest absolute Gasteiger partial charge is 0.482 e. The Morgan fingerprint density at radius 1 is 0.950 bits per heavy atom. The fourth-order valence-corrected chi connectivity index (χ4v) is 2.43. The molecule has 20 heavy (non-hydrogen) atoms. The van der Waals surface area contributed by atoms with E-state index in [2.05, 4.69) is 0 Å². The summed E-state index contributed by atoms with van der Waals surface area (Å²) in [6.45, 7) is 1.88. The van der Waals surface area contributed by atoms with Gasteiger partial charge in [-0.15, -0.1) is 0 Å². The van der Waals surface area contributed by atoms with Crippen molar-refractivity contribution in [3.8, 4) is 5.75 Å². The quantitative estimate of drug-likeness (QED) is 0.790. The molecule has 2 unspecified atom stereocenters. The van der Waals surface area contributed by atoms with Crippen molar-refractivity contribution in [3.05, 3.63) is 63.1 Å². The van der Waals surface area contributed by atoms with Gasteiger partial charge in [0.1, 0.15) is 11.9 Å². The van der Waals surface area contributed by atoms with E-state index in [9.17, 15) is 0 Å². The van der Waals surface area contributed by atoms with Gasteiger partial charge in [-0.3, -0.25) is 0 Å². The Labute approximate surface area is 133 Å². The zero-order valence-electron chi connectivity index (χ0n) is 10.8. The van der Waals surface area contributed by atoms with Crippen molar-refractivity contribution in [2.75, 3.05) is 0 Å². The molecule has 2 rings (SSSR count). The van der Waals surface area contributed by atoms with Crippen molar-refractivity contribution in [2.24, 2.45) is 5.73 Å². The van der Waals surface area contributed by atoms with Gasteiger partial charge in [0, 0.05) is 12.1 Å². The molecule has 0 aromatic heterocycles. The Morgan fingerprint density at radius 2 is 1.55 bits per heavy atom. The first-order chi connectivity index (χ1) is 9.49. The zero-order valence-corrected chi connectivity index (χ0v) is 13.1. The Kier molecular flexibility index (Phi) is 5.17. The first-order valence-electron chi connectivity index (χ1n) is 6.10. The maximum atomic E-state index is 6.13. The summed E-state index contributed by atoms with van der Waals surface area (Å²) in [5, 5.41) is 1.18. The average Bonchev–Trinajstić information content (AvgIpc) is 2.42. The average molecular weight is 331 g/mol. The van der Waals surface area contributed by atoms with Crippen molar-refractivity contribution in [2.45, 2.75) is 19.1 Å². The molecule has 106 valence electrons. The third kappa shape index (κ3) is 3.58. The molecule has 0 spiro atoms. The van der Waals surface area contributed by atoms with Crippen LogP contribution < -0.4 is 10.5 Å². The van der Waals surface area contributed by atoms with E-state index in [-0.39, 0.29) is 12.1 Å². The highest BCUT2D eigenvalue weighted by molar-refractivity contribution is 6.43. The monoisotopic (exact) mass is 329 g/mol. The molecule has 5 heteroatoms. The predicted octanol–water partition coefficient (Wildman–Crippen LogP) is 5.11. The van der Waals surface area contributed by atoms with E-state index in [4.69, 9.17) is 45.3 Å². The van der Waals surface area contributed by atoms with Crippen LogP contribution in [-0.2, 0) is 0 Å². The maximum Gasteiger partial charge on any atom is 0.140 e. The number of nitrogens with two attached hydrogens (primary N) is 1. The molecule has 0 aliphatic carbocycles. The molecule has 2 atom stereocenters. The van der Waals surface area contributed by atoms with Gasteiger partial charge in [0.05, 0.1) is 15.1 Å². The first kappa shape index (κ1) is 15.5. The summed E-state index contributed by atoms with van der Waals surface area (Å²) < 4.78 is 5.93. The Balaban J connectivity index is 2.32. The lowest BCUT2D eigenvalue weighted by Gasteiger charge is -2.23. The van der Waals surface area contributed by atoms with Crippen LogP contribution in [0.25, 0.3) is 0 Å². The summed E-state index contributed by atoms with van der Waals surface area (Å²) in [4.78, 5) is 0. The van der Waals surface area contributed by atoms with E-state index in [1.807, 2.05) is 37.3 Å². The van der Waals surface area contributed by atoms with Crippen LogP contribution in [0, 0.1) is 0 Å². The molecule has 0 aliphatic rings. The van der Waals surface area contributed by atoms with Gasteiger partial charge in [-0.1, -0.05) is 65.1 Å². The number of benzene rings is 2. The van der Waals surface area contributed by atoms with E-state index in [1.54, 1.807) is 12.1 Å². The third-order valence-corrected chi connectivity index (χ3v) is 3.85. The topological polar surface area (TPSA) is 35.2 Å². The first-order valence-corrected chi connectivity index (χ1v) is 7.24.